The van der Waals surface area contributed by atoms with Gasteiger partial charge in [0, 0.05) is 37.8 Å². The lowest BCUT2D eigenvalue weighted by Crippen LogP contribution is -2.44. The molecule has 1 unspecified atom stereocenters. The topological polar surface area (TPSA) is 63.5 Å². The van der Waals surface area contributed by atoms with Gasteiger partial charge in [-0.25, -0.2) is 9.38 Å². The second-order valence-electron chi connectivity index (χ2n) is 7.65. The van der Waals surface area contributed by atoms with Crippen molar-refractivity contribution < 1.29 is 4.39 Å². The number of benzene rings is 1. The first kappa shape index (κ1) is 22.9. The van der Waals surface area contributed by atoms with Crippen LogP contribution in [0.4, 0.5) is 4.39 Å². The van der Waals surface area contributed by atoms with Gasteiger partial charge in [0.15, 0.2) is 5.96 Å². The Morgan fingerprint density at radius 1 is 1.32 bits per heavy atom. The van der Waals surface area contributed by atoms with Crippen molar-refractivity contribution in [1.29, 1.82) is 5.26 Å². The molecule has 1 aliphatic heterocycles. The van der Waals surface area contributed by atoms with Crippen LogP contribution in [0.2, 0.25) is 0 Å². The molecule has 0 aromatic heterocycles. The van der Waals surface area contributed by atoms with Crippen LogP contribution < -0.4 is 10.6 Å². The van der Waals surface area contributed by atoms with Crippen LogP contribution in [0.5, 0.6) is 0 Å². The zero-order valence-electron chi connectivity index (χ0n) is 16.6. The smallest absolute Gasteiger partial charge is 0.191 e. The Kier molecular flexibility index (Phi) is 9.45. The van der Waals surface area contributed by atoms with Gasteiger partial charge in [0.05, 0.1) is 18.2 Å². The molecule has 0 spiro atoms. The Bertz CT molecular complexity index is 697. The number of hydrogen-bond donors (Lipinski definition) is 2. The average molecular weight is 499 g/mol. The van der Waals surface area contributed by atoms with Crippen molar-refractivity contribution in [2.75, 3.05) is 26.2 Å². The van der Waals surface area contributed by atoms with Gasteiger partial charge < -0.3 is 15.5 Å². The van der Waals surface area contributed by atoms with E-state index in [-0.39, 0.29) is 36.3 Å². The summed E-state index contributed by atoms with van der Waals surface area (Å²) in [5.74, 6) is 1.27. The lowest BCUT2D eigenvalue weighted by atomic mass is 10.1. The molecule has 0 radical (unpaired) electrons. The maximum absolute atomic E-state index is 14.0. The Labute approximate surface area is 184 Å². The second-order valence-corrected chi connectivity index (χ2v) is 7.65. The van der Waals surface area contributed by atoms with E-state index in [2.05, 4.69) is 20.5 Å². The first-order valence-electron chi connectivity index (χ1n) is 10.1. The molecule has 0 amide bonds. The molecule has 1 aromatic rings. The SMILES string of the molecule is CCNC(=NCc1cc(C#N)ccc1F)NC1CCN(CC2CCCC2)C1.I. The van der Waals surface area contributed by atoms with Crippen molar-refractivity contribution in [3.05, 3.63) is 35.1 Å². The number of nitrogens with one attached hydrogen (secondary N) is 2. The Morgan fingerprint density at radius 3 is 2.82 bits per heavy atom. The van der Waals surface area contributed by atoms with Gasteiger partial charge >= 0.3 is 0 Å². The van der Waals surface area contributed by atoms with Crippen LogP contribution in [0.1, 0.15) is 50.2 Å². The molecule has 5 nitrogen and oxygen atoms in total. The zero-order chi connectivity index (χ0) is 19.1. The van der Waals surface area contributed by atoms with Crippen molar-refractivity contribution in [3.8, 4) is 6.07 Å². The molecule has 7 heteroatoms. The molecule has 1 heterocycles. The van der Waals surface area contributed by atoms with Gasteiger partial charge in [0.2, 0.25) is 0 Å². The van der Waals surface area contributed by atoms with Gasteiger partial charge in [-0.15, -0.1) is 24.0 Å². The highest BCUT2D eigenvalue weighted by atomic mass is 127. The lowest BCUT2D eigenvalue weighted by molar-refractivity contribution is 0.275. The molecule has 1 saturated heterocycles. The lowest BCUT2D eigenvalue weighted by Gasteiger charge is -2.21. The summed E-state index contributed by atoms with van der Waals surface area (Å²) in [7, 11) is 0. The molecule has 3 rings (SSSR count). The number of guanidine groups is 1. The van der Waals surface area contributed by atoms with Crippen molar-refractivity contribution in [1.82, 2.24) is 15.5 Å². The normalized spacial score (nSPS) is 20.6. The van der Waals surface area contributed by atoms with E-state index in [0.717, 1.165) is 32.0 Å². The van der Waals surface area contributed by atoms with Crippen LogP contribution in [-0.2, 0) is 6.54 Å². The van der Waals surface area contributed by atoms with Crippen LogP contribution in [0.25, 0.3) is 0 Å². The maximum atomic E-state index is 14.0. The summed E-state index contributed by atoms with van der Waals surface area (Å²) in [6.45, 7) is 6.39. The number of nitriles is 1. The van der Waals surface area contributed by atoms with Crippen LogP contribution in [-0.4, -0.2) is 43.1 Å². The maximum Gasteiger partial charge on any atom is 0.191 e. The summed E-state index contributed by atoms with van der Waals surface area (Å²) in [4.78, 5) is 7.10. The largest absolute Gasteiger partial charge is 0.357 e. The fourth-order valence-electron chi connectivity index (χ4n) is 4.12. The molecule has 2 fully saturated rings. The Balaban J connectivity index is 0.00000280. The summed E-state index contributed by atoms with van der Waals surface area (Å²) >= 11 is 0. The van der Waals surface area contributed by atoms with E-state index in [1.54, 1.807) is 6.07 Å². The van der Waals surface area contributed by atoms with E-state index in [4.69, 9.17) is 5.26 Å². The molecular weight excluding hydrogens is 468 g/mol. The molecule has 2 N–H and O–H groups in total. The first-order chi connectivity index (χ1) is 13.2. The van der Waals surface area contributed by atoms with Crippen LogP contribution in [0.15, 0.2) is 23.2 Å². The highest BCUT2D eigenvalue weighted by molar-refractivity contribution is 14.0. The summed E-state index contributed by atoms with van der Waals surface area (Å²) in [6, 6.07) is 6.82. The monoisotopic (exact) mass is 499 g/mol. The van der Waals surface area contributed by atoms with Gasteiger partial charge in [-0.05, 0) is 50.3 Å². The number of likely N-dealkylation sites (tertiary alicyclic amines) is 1. The van der Waals surface area contributed by atoms with E-state index >= 15 is 0 Å². The summed E-state index contributed by atoms with van der Waals surface area (Å²) in [6.07, 6.45) is 6.65. The van der Waals surface area contributed by atoms with Gasteiger partial charge in [-0.1, -0.05) is 12.8 Å². The quantitative estimate of drug-likeness (QED) is 0.357. The van der Waals surface area contributed by atoms with Crippen LogP contribution in [0, 0.1) is 23.1 Å². The highest BCUT2D eigenvalue weighted by Gasteiger charge is 2.26. The van der Waals surface area contributed by atoms with Crippen molar-refractivity contribution >= 4 is 29.9 Å². The Morgan fingerprint density at radius 2 is 2.11 bits per heavy atom. The minimum absolute atomic E-state index is 0. The summed E-state index contributed by atoms with van der Waals surface area (Å²) in [5.41, 5.74) is 0.901. The molecule has 1 saturated carbocycles. The predicted molar refractivity (Wildman–Crippen MR) is 121 cm³/mol. The summed E-state index contributed by atoms with van der Waals surface area (Å²) < 4.78 is 14.0. The molecule has 2 aliphatic rings. The molecule has 154 valence electrons. The van der Waals surface area contributed by atoms with Gasteiger partial charge in [-0.2, -0.15) is 5.26 Å². The third kappa shape index (κ3) is 6.59. The van der Waals surface area contributed by atoms with E-state index in [0.29, 0.717) is 23.1 Å². The van der Waals surface area contributed by atoms with Crippen molar-refractivity contribution in [2.45, 2.75) is 51.6 Å². The molecular formula is C21H31FIN5. The number of aliphatic imine (C=N–C) groups is 1. The summed E-state index contributed by atoms with van der Waals surface area (Å²) in [5, 5.41) is 15.7. The molecule has 1 atom stereocenters. The standard InChI is InChI=1S/C21H30FN5.HI/c1-2-24-21(25-13-18-11-17(12-23)7-8-20(18)22)26-19-9-10-27(15-19)14-16-5-3-4-6-16;/h7-8,11,16,19H,2-6,9-10,13-15H2,1H3,(H2,24,25,26);1H. The fraction of sp³-hybridized carbons (Fsp3) is 0.619. The van der Waals surface area contributed by atoms with Gasteiger partial charge in [-0.3, -0.25) is 0 Å². The molecule has 0 bridgehead atoms. The molecule has 28 heavy (non-hydrogen) atoms. The van der Waals surface area contributed by atoms with Crippen LogP contribution >= 0.6 is 24.0 Å². The number of rotatable bonds is 6. The van der Waals surface area contributed by atoms with Crippen molar-refractivity contribution in [3.63, 3.8) is 0 Å². The third-order valence-corrected chi connectivity index (χ3v) is 5.53. The van der Waals surface area contributed by atoms with Gasteiger partial charge in [0.1, 0.15) is 5.82 Å². The van der Waals surface area contributed by atoms with Gasteiger partial charge in [0.25, 0.3) is 0 Å². The van der Waals surface area contributed by atoms with E-state index < -0.39 is 0 Å². The van der Waals surface area contributed by atoms with Crippen molar-refractivity contribution in [2.24, 2.45) is 10.9 Å². The van der Waals surface area contributed by atoms with E-state index in [1.807, 2.05) is 13.0 Å². The fourth-order valence-corrected chi connectivity index (χ4v) is 4.12. The predicted octanol–water partition coefficient (Wildman–Crippen LogP) is 3.63. The Hall–Kier alpha value is -1.40. The third-order valence-electron chi connectivity index (χ3n) is 5.53. The molecule has 1 aromatic carbocycles. The highest BCUT2D eigenvalue weighted by Crippen LogP contribution is 2.26. The number of hydrogen-bond acceptors (Lipinski definition) is 3. The van der Waals surface area contributed by atoms with Crippen LogP contribution in [0.3, 0.4) is 0 Å². The number of nitrogens with zero attached hydrogens (tertiary/aromatic N) is 3. The van der Waals surface area contributed by atoms with E-state index in [9.17, 15) is 4.39 Å². The number of halogens is 2. The minimum Gasteiger partial charge on any atom is -0.357 e. The molecule has 1 aliphatic carbocycles. The average Bonchev–Trinajstić information content (AvgIpc) is 3.33. The second kappa shape index (κ2) is 11.6. The zero-order valence-corrected chi connectivity index (χ0v) is 18.9. The minimum atomic E-state index is -0.322. The first-order valence-corrected chi connectivity index (χ1v) is 10.1. The van der Waals surface area contributed by atoms with E-state index in [1.165, 1.54) is 44.4 Å².